The van der Waals surface area contributed by atoms with Crippen molar-refractivity contribution in [2.75, 3.05) is 9.80 Å². The van der Waals surface area contributed by atoms with E-state index in [1.807, 2.05) is 0 Å². The van der Waals surface area contributed by atoms with E-state index in [1.165, 1.54) is 82.7 Å². The summed E-state index contributed by atoms with van der Waals surface area (Å²) < 4.78 is 2.57. The number of nitrogens with zero attached hydrogens (tertiary/aromatic N) is 4. The smallest absolute Gasteiger partial charge is 0.252 e. The molecule has 4 nitrogen and oxygen atoms in total. The molecule has 14 aromatic rings. The number of fused-ring (bicyclic) bond motifs is 7. The topological polar surface area (TPSA) is 24.3 Å². The first kappa shape index (κ1) is 73.4. The molecule has 550 valence electrons. The molecule has 0 spiro atoms. The minimum atomic E-state index is -0.271. The molecule has 0 aliphatic carbocycles. The van der Waals surface area contributed by atoms with Gasteiger partial charge in [-0.1, -0.05) is 333 Å². The molecule has 2 aromatic heterocycles. The van der Waals surface area contributed by atoms with Crippen molar-refractivity contribution in [1.82, 2.24) is 9.55 Å². The second-order valence-electron chi connectivity index (χ2n) is 38.6. The summed E-state index contributed by atoms with van der Waals surface area (Å²) in [7, 11) is 0. The molecule has 110 heavy (non-hydrogen) atoms. The maximum Gasteiger partial charge on any atom is 0.252 e. The van der Waals surface area contributed by atoms with E-state index in [2.05, 4.69) is 427 Å². The number of benzene rings is 12. The number of rotatable bonds is 9. The van der Waals surface area contributed by atoms with E-state index >= 15 is 0 Å². The Bertz CT molecular complexity index is 5780. The monoisotopic (exact) mass is 1430 g/mol. The van der Waals surface area contributed by atoms with Crippen molar-refractivity contribution in [2.45, 2.75) is 183 Å². The molecule has 0 bridgehead atoms. The average molecular weight is 1440 g/mol. The number of aromatic nitrogens is 2. The van der Waals surface area contributed by atoms with Gasteiger partial charge in [-0.25, -0.2) is 0 Å². The van der Waals surface area contributed by atoms with E-state index < -0.39 is 0 Å². The van der Waals surface area contributed by atoms with Gasteiger partial charge in [-0.15, -0.1) is 0 Å². The minimum Gasteiger partial charge on any atom is -0.310 e. The van der Waals surface area contributed by atoms with Crippen LogP contribution in [0.2, 0.25) is 0 Å². The van der Waals surface area contributed by atoms with Gasteiger partial charge in [0.15, 0.2) is 0 Å². The van der Waals surface area contributed by atoms with Crippen LogP contribution in [0.1, 0.15) is 184 Å². The van der Waals surface area contributed by atoms with Crippen LogP contribution in [-0.2, 0) is 37.9 Å². The van der Waals surface area contributed by atoms with Crippen LogP contribution >= 0.6 is 0 Å². The van der Waals surface area contributed by atoms with Gasteiger partial charge in [0, 0.05) is 72.6 Å². The molecule has 0 saturated carbocycles. The SMILES string of the molecule is CC(C)(C)c1cccc(-c2cc3c4c(c2)N(c2c(-c5ccccc5)cc(C(C)(C)C)cc2-c2cccc(C(C)(C)C)n2)c2cc(-n5c6ccc(C(C)(C)C)cc6c6cc(C(C)(C)C)ccc65)ccc2B4c2ccc(-c4cc(C(C)(C)C)cc(C(C)(C)C)c4)cc2N3c2c(-c3ccccc3)cccc2-c2ccccc2)c1. The summed E-state index contributed by atoms with van der Waals surface area (Å²) in [4.78, 5) is 11.3. The van der Waals surface area contributed by atoms with Gasteiger partial charge in [0.05, 0.1) is 28.1 Å². The third-order valence-electron chi connectivity index (χ3n) is 23.4. The van der Waals surface area contributed by atoms with Gasteiger partial charge in [0.2, 0.25) is 0 Å². The lowest BCUT2D eigenvalue weighted by Gasteiger charge is -2.46. The van der Waals surface area contributed by atoms with Crippen molar-refractivity contribution in [3.05, 3.63) is 306 Å². The Morgan fingerprint density at radius 3 is 1.15 bits per heavy atom. The second-order valence-corrected chi connectivity index (χ2v) is 38.6. The molecule has 4 heterocycles. The summed E-state index contributed by atoms with van der Waals surface area (Å²) in [5, 5.41) is 2.51. The van der Waals surface area contributed by atoms with Crippen LogP contribution in [-0.4, -0.2) is 16.3 Å². The van der Waals surface area contributed by atoms with Crippen molar-refractivity contribution in [2.24, 2.45) is 0 Å². The van der Waals surface area contributed by atoms with E-state index in [1.54, 1.807) is 0 Å². The standard InChI is InChI=1S/C105H107BN4/c1-99(2,3)73-41-31-40-69(54-73)72-58-93-96-94(59-72)110(98-82(68-38-29-24-30-39-68)63-78(104(16,17)18)64-85(98)88-44-33-45-95(107-88)105(19,20)21)92-65-79(108-89-52-47-74(100(4,5)6)61-83(89)84-62-75(101(7,8)9)48-53-90(84)108)49-51-87(92)106(96)86-50-46-70(71-55-76(102(10,11)12)60-77(56-71)103(13,14)15)57-91(86)109(93)97-80(66-34-25-22-26-35-66)42-32-43-81(97)67-36-27-23-28-37-67/h22-65H,1-21H3. The quantitative estimate of drug-likeness (QED) is 0.135. The van der Waals surface area contributed by atoms with Crippen LogP contribution < -0.4 is 26.2 Å². The summed E-state index contributed by atoms with van der Waals surface area (Å²) in [6.07, 6.45) is 0. The fourth-order valence-corrected chi connectivity index (χ4v) is 16.8. The molecular weight excluding hydrogens is 1330 g/mol. The third kappa shape index (κ3) is 13.2. The van der Waals surface area contributed by atoms with Gasteiger partial charge >= 0.3 is 0 Å². The Morgan fingerprint density at radius 2 is 0.645 bits per heavy atom. The van der Waals surface area contributed by atoms with Gasteiger partial charge in [0.25, 0.3) is 6.71 Å². The molecule has 0 N–H and O–H groups in total. The molecule has 2 aliphatic rings. The molecule has 2 aliphatic heterocycles. The predicted molar refractivity (Wildman–Crippen MR) is 476 cm³/mol. The van der Waals surface area contributed by atoms with E-state index in [-0.39, 0.29) is 44.6 Å². The summed E-state index contributed by atoms with van der Waals surface area (Å²) >= 11 is 0. The van der Waals surface area contributed by atoms with E-state index in [0.717, 1.165) is 101 Å². The highest BCUT2D eigenvalue weighted by molar-refractivity contribution is 7.00. The normalized spacial score (nSPS) is 13.4. The Hall–Kier alpha value is -10.7. The lowest BCUT2D eigenvalue weighted by Crippen LogP contribution is -2.61. The molecular formula is C105H107BN4. The predicted octanol–water partition coefficient (Wildman–Crippen LogP) is 27.3. The largest absolute Gasteiger partial charge is 0.310 e. The summed E-state index contributed by atoms with van der Waals surface area (Å²) in [6, 6.07) is 104. The molecule has 0 fully saturated rings. The van der Waals surface area contributed by atoms with Gasteiger partial charge in [-0.2, -0.15) is 0 Å². The Labute approximate surface area is 656 Å². The zero-order chi connectivity index (χ0) is 77.7. The lowest BCUT2D eigenvalue weighted by atomic mass is 9.33. The highest BCUT2D eigenvalue weighted by Crippen LogP contribution is 2.56. The van der Waals surface area contributed by atoms with Crippen LogP contribution in [0.25, 0.3) is 94.4 Å². The van der Waals surface area contributed by atoms with Crippen molar-refractivity contribution in [3.8, 4) is 72.6 Å². The molecule has 0 radical (unpaired) electrons. The molecule has 0 saturated heterocycles. The van der Waals surface area contributed by atoms with Gasteiger partial charge in [-0.3, -0.25) is 4.98 Å². The van der Waals surface area contributed by atoms with E-state index in [0.29, 0.717) is 0 Å². The van der Waals surface area contributed by atoms with Crippen molar-refractivity contribution in [3.63, 3.8) is 0 Å². The molecule has 0 atom stereocenters. The zero-order valence-electron chi connectivity index (χ0n) is 68.8. The number of hydrogen-bond acceptors (Lipinski definition) is 3. The first-order valence-electron chi connectivity index (χ1n) is 39.9. The summed E-state index contributed by atoms with van der Waals surface area (Å²) in [5.41, 5.74) is 35.1. The number of anilines is 6. The molecule has 0 amide bonds. The second kappa shape index (κ2) is 26.5. The first-order valence-corrected chi connectivity index (χ1v) is 39.9. The highest BCUT2D eigenvalue weighted by atomic mass is 15.2. The van der Waals surface area contributed by atoms with Crippen LogP contribution in [0.15, 0.2) is 267 Å². The fourth-order valence-electron chi connectivity index (χ4n) is 16.8. The average Bonchev–Trinajstić information content (AvgIpc) is 0.774. The minimum absolute atomic E-state index is 0.0705. The van der Waals surface area contributed by atoms with Crippen molar-refractivity contribution in [1.29, 1.82) is 0 Å². The summed E-state index contributed by atoms with van der Waals surface area (Å²) in [6.45, 7) is 48.8. The number of hydrogen-bond donors (Lipinski definition) is 0. The van der Waals surface area contributed by atoms with Gasteiger partial charge in [-0.05, 0) is 200 Å². The van der Waals surface area contributed by atoms with E-state index in [9.17, 15) is 0 Å². The molecule has 12 aromatic carbocycles. The number of para-hydroxylation sites is 1. The zero-order valence-corrected chi connectivity index (χ0v) is 68.8. The van der Waals surface area contributed by atoms with Gasteiger partial charge < -0.3 is 14.4 Å². The Balaban J connectivity index is 1.13. The van der Waals surface area contributed by atoms with E-state index in [4.69, 9.17) is 4.98 Å². The number of pyridine rings is 1. The van der Waals surface area contributed by atoms with Crippen molar-refractivity contribution >= 4 is 79.0 Å². The van der Waals surface area contributed by atoms with Crippen LogP contribution in [0.3, 0.4) is 0 Å². The Morgan fingerprint density at radius 1 is 0.255 bits per heavy atom. The molecule has 16 rings (SSSR count). The van der Waals surface area contributed by atoms with Crippen molar-refractivity contribution < 1.29 is 0 Å². The van der Waals surface area contributed by atoms with Gasteiger partial charge in [0.1, 0.15) is 0 Å². The highest BCUT2D eigenvalue weighted by Gasteiger charge is 2.46. The third-order valence-corrected chi connectivity index (χ3v) is 23.4. The Kier molecular flexibility index (Phi) is 17.7. The fraction of sp³-hybridized carbons (Fsp3) is 0.267. The molecule has 0 unspecified atom stereocenters. The van der Waals surface area contributed by atoms with Crippen LogP contribution in [0.4, 0.5) is 34.1 Å². The van der Waals surface area contributed by atoms with Crippen LogP contribution in [0.5, 0.6) is 0 Å². The maximum absolute atomic E-state index is 5.86. The van der Waals surface area contributed by atoms with Crippen LogP contribution in [0, 0.1) is 0 Å². The maximum atomic E-state index is 5.86. The lowest BCUT2D eigenvalue weighted by molar-refractivity contribution is 0.569. The summed E-state index contributed by atoms with van der Waals surface area (Å²) in [5.74, 6) is 0. The molecule has 5 heteroatoms. The first-order chi connectivity index (χ1) is 52.0.